The van der Waals surface area contributed by atoms with Crippen LogP contribution in [-0.4, -0.2) is 0 Å². The lowest BCUT2D eigenvalue weighted by Crippen LogP contribution is -2.07. The van der Waals surface area contributed by atoms with Crippen molar-refractivity contribution in [2.75, 3.05) is 0 Å². The van der Waals surface area contributed by atoms with Crippen molar-refractivity contribution in [2.24, 2.45) is 0 Å². The Morgan fingerprint density at radius 3 is 2.46 bits per heavy atom. The van der Waals surface area contributed by atoms with E-state index in [2.05, 4.69) is 0 Å². The lowest BCUT2D eigenvalue weighted by Gasteiger charge is -2.10. The maximum atomic E-state index is 13.0. The summed E-state index contributed by atoms with van der Waals surface area (Å²) in [6.07, 6.45) is 0. The minimum Gasteiger partial charge on any atom is -0.489 e. The normalized spacial score (nSPS) is 11.0. The molecule has 140 valence electrons. The van der Waals surface area contributed by atoms with E-state index in [4.69, 9.17) is 32.4 Å². The first kappa shape index (κ1) is 18.6. The van der Waals surface area contributed by atoms with Crippen LogP contribution in [0.15, 0.2) is 75.9 Å². The number of halogens is 2. The fourth-order valence-electron chi connectivity index (χ4n) is 3.11. The zero-order valence-corrected chi connectivity index (χ0v) is 16.6. The van der Waals surface area contributed by atoms with Crippen molar-refractivity contribution < 1.29 is 9.15 Å². The van der Waals surface area contributed by atoms with Gasteiger partial charge in [-0.1, -0.05) is 59.6 Å². The third-order valence-electron chi connectivity index (χ3n) is 4.49. The number of hydrogen-bond acceptors (Lipinski definition) is 3. The fourth-order valence-corrected chi connectivity index (χ4v) is 3.43. The van der Waals surface area contributed by atoms with Crippen LogP contribution in [0.1, 0.15) is 11.3 Å². The molecule has 0 saturated carbocycles. The van der Waals surface area contributed by atoms with Crippen LogP contribution in [-0.2, 0) is 6.61 Å². The van der Waals surface area contributed by atoms with Gasteiger partial charge in [0.2, 0.25) is 5.43 Å². The quantitative estimate of drug-likeness (QED) is 0.377. The van der Waals surface area contributed by atoms with Gasteiger partial charge in [0, 0.05) is 6.07 Å². The molecule has 4 rings (SSSR count). The van der Waals surface area contributed by atoms with E-state index in [1.165, 1.54) is 0 Å². The number of fused-ring (bicyclic) bond motifs is 1. The number of aryl methyl sites for hydroxylation is 1. The molecule has 0 aliphatic rings. The third-order valence-corrected chi connectivity index (χ3v) is 5.23. The summed E-state index contributed by atoms with van der Waals surface area (Å²) >= 11 is 12.0. The highest BCUT2D eigenvalue weighted by atomic mass is 35.5. The van der Waals surface area contributed by atoms with Crippen LogP contribution in [0.3, 0.4) is 0 Å². The second-order valence-electron chi connectivity index (χ2n) is 6.42. The standard InChI is InChI=1S/C23H16Cl2O3/c1-14-22(16-5-3-2-4-6-16)23(26)18-9-8-17(12-21(18)28-14)27-13-15-7-10-19(24)20(25)11-15/h2-12H,13H2,1H3. The molecular formula is C23H16Cl2O3. The first-order valence-electron chi connectivity index (χ1n) is 8.72. The van der Waals surface area contributed by atoms with Crippen molar-refractivity contribution >= 4 is 34.2 Å². The van der Waals surface area contributed by atoms with Crippen LogP contribution in [0.5, 0.6) is 5.75 Å². The van der Waals surface area contributed by atoms with Crippen molar-refractivity contribution in [3.63, 3.8) is 0 Å². The Labute approximate surface area is 172 Å². The predicted octanol–water partition coefficient (Wildman–Crippen LogP) is 6.65. The van der Waals surface area contributed by atoms with E-state index in [0.717, 1.165) is 11.1 Å². The molecule has 5 heteroatoms. The van der Waals surface area contributed by atoms with E-state index in [1.807, 2.05) is 36.4 Å². The summed E-state index contributed by atoms with van der Waals surface area (Å²) in [7, 11) is 0. The second kappa shape index (κ2) is 7.70. The van der Waals surface area contributed by atoms with Crippen LogP contribution >= 0.6 is 23.2 Å². The molecule has 0 spiro atoms. The first-order chi connectivity index (χ1) is 13.5. The minimum atomic E-state index is -0.0546. The number of ether oxygens (including phenoxy) is 1. The molecule has 0 bridgehead atoms. The van der Waals surface area contributed by atoms with Gasteiger partial charge in [-0.2, -0.15) is 0 Å². The maximum absolute atomic E-state index is 13.0. The van der Waals surface area contributed by atoms with Gasteiger partial charge >= 0.3 is 0 Å². The summed E-state index contributed by atoms with van der Waals surface area (Å²) in [6, 6.07) is 20.1. The van der Waals surface area contributed by atoms with Crippen molar-refractivity contribution in [3.8, 4) is 16.9 Å². The summed E-state index contributed by atoms with van der Waals surface area (Å²) in [4.78, 5) is 13.0. The molecular weight excluding hydrogens is 395 g/mol. The molecule has 0 unspecified atom stereocenters. The first-order valence-corrected chi connectivity index (χ1v) is 9.48. The monoisotopic (exact) mass is 410 g/mol. The van der Waals surface area contributed by atoms with Gasteiger partial charge in [-0.05, 0) is 42.3 Å². The van der Waals surface area contributed by atoms with Gasteiger partial charge in [0.05, 0.1) is 21.0 Å². The van der Waals surface area contributed by atoms with Gasteiger partial charge in [0.1, 0.15) is 23.7 Å². The van der Waals surface area contributed by atoms with Gasteiger partial charge in [-0.15, -0.1) is 0 Å². The summed E-state index contributed by atoms with van der Waals surface area (Å²) in [5.74, 6) is 1.18. The summed E-state index contributed by atoms with van der Waals surface area (Å²) in [5.41, 5.74) is 2.76. The van der Waals surface area contributed by atoms with Gasteiger partial charge in [0.25, 0.3) is 0 Å². The Balaban J connectivity index is 1.66. The molecule has 0 radical (unpaired) electrons. The Bertz CT molecular complexity index is 1210. The molecule has 1 aromatic heterocycles. The van der Waals surface area contributed by atoms with Gasteiger partial charge in [0.15, 0.2) is 0 Å². The molecule has 0 fully saturated rings. The largest absolute Gasteiger partial charge is 0.489 e. The molecule has 0 N–H and O–H groups in total. The van der Waals surface area contributed by atoms with Crippen molar-refractivity contribution in [2.45, 2.75) is 13.5 Å². The Morgan fingerprint density at radius 1 is 0.929 bits per heavy atom. The number of hydrogen-bond donors (Lipinski definition) is 0. The minimum absolute atomic E-state index is 0.0546. The fraction of sp³-hybridized carbons (Fsp3) is 0.0870. The molecule has 0 saturated heterocycles. The van der Waals surface area contributed by atoms with E-state index in [1.54, 1.807) is 37.3 Å². The second-order valence-corrected chi connectivity index (χ2v) is 7.24. The van der Waals surface area contributed by atoms with Crippen molar-refractivity contribution in [1.29, 1.82) is 0 Å². The van der Waals surface area contributed by atoms with E-state index in [9.17, 15) is 4.79 Å². The molecule has 0 aliphatic carbocycles. The molecule has 0 amide bonds. The lowest BCUT2D eigenvalue weighted by atomic mass is 10.0. The van der Waals surface area contributed by atoms with Crippen LogP contribution in [0.25, 0.3) is 22.1 Å². The molecule has 0 aliphatic heterocycles. The Kier molecular flexibility index (Phi) is 5.12. The van der Waals surface area contributed by atoms with E-state index in [0.29, 0.717) is 44.7 Å². The van der Waals surface area contributed by atoms with Crippen molar-refractivity contribution in [1.82, 2.24) is 0 Å². The highest BCUT2D eigenvalue weighted by Crippen LogP contribution is 2.27. The lowest BCUT2D eigenvalue weighted by molar-refractivity contribution is 0.306. The van der Waals surface area contributed by atoms with Gasteiger partial charge in [-0.25, -0.2) is 0 Å². The van der Waals surface area contributed by atoms with Gasteiger partial charge in [-0.3, -0.25) is 4.79 Å². The molecule has 1 heterocycles. The maximum Gasteiger partial charge on any atom is 0.200 e. The molecule has 28 heavy (non-hydrogen) atoms. The van der Waals surface area contributed by atoms with Crippen LogP contribution < -0.4 is 10.2 Å². The smallest absolute Gasteiger partial charge is 0.200 e. The third kappa shape index (κ3) is 3.64. The summed E-state index contributed by atoms with van der Waals surface area (Å²) < 4.78 is 11.8. The van der Waals surface area contributed by atoms with E-state index < -0.39 is 0 Å². The van der Waals surface area contributed by atoms with Crippen molar-refractivity contribution in [3.05, 3.63) is 98.3 Å². The summed E-state index contributed by atoms with van der Waals surface area (Å²) in [6.45, 7) is 2.13. The predicted molar refractivity (Wildman–Crippen MR) is 113 cm³/mol. The highest BCUT2D eigenvalue weighted by Gasteiger charge is 2.14. The average Bonchev–Trinajstić information content (AvgIpc) is 2.69. The topological polar surface area (TPSA) is 39.4 Å². The highest BCUT2D eigenvalue weighted by molar-refractivity contribution is 6.42. The zero-order valence-electron chi connectivity index (χ0n) is 15.0. The van der Waals surface area contributed by atoms with Gasteiger partial charge < -0.3 is 9.15 Å². The summed E-state index contributed by atoms with van der Waals surface area (Å²) in [5, 5.41) is 1.50. The SMILES string of the molecule is Cc1oc2cc(OCc3ccc(Cl)c(Cl)c3)ccc2c(=O)c1-c1ccccc1. The average molecular weight is 411 g/mol. The molecule has 4 aromatic rings. The van der Waals surface area contributed by atoms with Crippen LogP contribution in [0, 0.1) is 6.92 Å². The van der Waals surface area contributed by atoms with Crippen LogP contribution in [0.4, 0.5) is 0 Å². The molecule has 0 atom stereocenters. The van der Waals surface area contributed by atoms with E-state index in [-0.39, 0.29) is 5.43 Å². The number of rotatable bonds is 4. The van der Waals surface area contributed by atoms with Crippen LogP contribution in [0.2, 0.25) is 10.0 Å². The zero-order chi connectivity index (χ0) is 19.7. The number of benzene rings is 3. The van der Waals surface area contributed by atoms with E-state index >= 15 is 0 Å². The Morgan fingerprint density at radius 2 is 1.71 bits per heavy atom. The molecule has 3 aromatic carbocycles. The molecule has 3 nitrogen and oxygen atoms in total. The Hall–Kier alpha value is -2.75.